The summed E-state index contributed by atoms with van der Waals surface area (Å²) >= 11 is 0. The molecule has 0 radical (unpaired) electrons. The highest BCUT2D eigenvalue weighted by atomic mass is 16.5. The fourth-order valence-electron chi connectivity index (χ4n) is 1.73. The highest BCUT2D eigenvalue weighted by molar-refractivity contribution is 5.91. The van der Waals surface area contributed by atoms with E-state index in [1.807, 2.05) is 0 Å². The molecule has 0 unspecified atom stereocenters. The number of hydrogen-bond donors (Lipinski definition) is 0. The van der Waals surface area contributed by atoms with Gasteiger partial charge < -0.3 is 9.42 Å². The van der Waals surface area contributed by atoms with E-state index in [1.54, 1.807) is 17.2 Å². The molecule has 0 bridgehead atoms. The van der Waals surface area contributed by atoms with Crippen LogP contribution in [-0.4, -0.2) is 25.9 Å². The van der Waals surface area contributed by atoms with E-state index in [9.17, 15) is 4.79 Å². The van der Waals surface area contributed by atoms with Crippen molar-refractivity contribution in [2.24, 2.45) is 0 Å². The summed E-state index contributed by atoms with van der Waals surface area (Å²) in [4.78, 5) is 21.6. The predicted molar refractivity (Wildman–Crippen MR) is 52.1 cm³/mol. The van der Waals surface area contributed by atoms with Crippen LogP contribution >= 0.6 is 0 Å². The zero-order valence-electron chi connectivity index (χ0n) is 8.33. The maximum absolute atomic E-state index is 11.9. The second-order valence-electron chi connectivity index (χ2n) is 3.53. The van der Waals surface area contributed by atoms with Gasteiger partial charge in [0.25, 0.3) is 5.91 Å². The Morgan fingerprint density at radius 1 is 1.44 bits per heavy atom. The molecule has 1 amide bonds. The minimum Gasteiger partial charge on any atom is -0.351 e. The Kier molecular flexibility index (Phi) is 1.92. The van der Waals surface area contributed by atoms with Crippen LogP contribution in [-0.2, 0) is 13.1 Å². The Bertz CT molecular complexity index is 498. The Labute approximate surface area is 90.9 Å². The summed E-state index contributed by atoms with van der Waals surface area (Å²) in [5, 5.41) is 3.51. The molecule has 16 heavy (non-hydrogen) atoms. The van der Waals surface area contributed by atoms with Crippen molar-refractivity contribution in [3.63, 3.8) is 0 Å². The molecule has 6 heteroatoms. The number of carbonyl (C=O) groups is 1. The minimum atomic E-state index is -0.171. The van der Waals surface area contributed by atoms with Gasteiger partial charge in [-0.15, -0.1) is 0 Å². The first kappa shape index (κ1) is 9.02. The van der Waals surface area contributed by atoms with E-state index >= 15 is 0 Å². The van der Waals surface area contributed by atoms with E-state index < -0.39 is 0 Å². The lowest BCUT2D eigenvalue weighted by Crippen LogP contribution is -2.24. The lowest BCUT2D eigenvalue weighted by atomic mass is 10.3. The first-order chi connectivity index (χ1) is 7.84. The smallest absolute Gasteiger partial charge is 0.293 e. The lowest BCUT2D eigenvalue weighted by molar-refractivity contribution is 0.0708. The quantitative estimate of drug-likeness (QED) is 0.698. The number of fused-ring (bicyclic) bond motifs is 1. The molecule has 1 aliphatic rings. The van der Waals surface area contributed by atoms with Gasteiger partial charge in [0, 0.05) is 24.4 Å². The van der Waals surface area contributed by atoms with Gasteiger partial charge in [-0.1, -0.05) is 5.16 Å². The van der Waals surface area contributed by atoms with Gasteiger partial charge in [0.15, 0.2) is 0 Å². The third-order valence-electron chi connectivity index (χ3n) is 2.52. The SMILES string of the molecule is O=C(c1ccno1)N1Cc2cncnc2C1. The van der Waals surface area contributed by atoms with Crippen LogP contribution in [0.1, 0.15) is 21.8 Å². The van der Waals surface area contributed by atoms with Crippen LogP contribution < -0.4 is 0 Å². The van der Waals surface area contributed by atoms with Crippen molar-refractivity contribution in [1.29, 1.82) is 0 Å². The zero-order valence-corrected chi connectivity index (χ0v) is 8.33. The maximum atomic E-state index is 11.9. The Morgan fingerprint density at radius 2 is 2.38 bits per heavy atom. The van der Waals surface area contributed by atoms with Crippen LogP contribution in [0.4, 0.5) is 0 Å². The molecular weight excluding hydrogens is 208 g/mol. The number of aromatic nitrogens is 3. The summed E-state index contributed by atoms with van der Waals surface area (Å²) in [6, 6.07) is 1.55. The Hall–Kier alpha value is -2.24. The van der Waals surface area contributed by atoms with Gasteiger partial charge in [-0.3, -0.25) is 4.79 Å². The summed E-state index contributed by atoms with van der Waals surface area (Å²) in [7, 11) is 0. The molecule has 3 rings (SSSR count). The van der Waals surface area contributed by atoms with Crippen molar-refractivity contribution in [2.45, 2.75) is 13.1 Å². The molecule has 0 atom stereocenters. The minimum absolute atomic E-state index is 0.171. The van der Waals surface area contributed by atoms with Crippen LogP contribution in [0.5, 0.6) is 0 Å². The second kappa shape index (κ2) is 3.41. The lowest BCUT2D eigenvalue weighted by Gasteiger charge is -2.11. The molecule has 0 saturated carbocycles. The fourth-order valence-corrected chi connectivity index (χ4v) is 1.73. The van der Waals surface area contributed by atoms with Crippen LogP contribution in [0, 0.1) is 0 Å². The maximum Gasteiger partial charge on any atom is 0.293 e. The van der Waals surface area contributed by atoms with E-state index in [0.717, 1.165) is 11.3 Å². The molecule has 0 saturated heterocycles. The third kappa shape index (κ3) is 1.35. The molecule has 80 valence electrons. The Balaban J connectivity index is 1.84. The topological polar surface area (TPSA) is 72.1 Å². The van der Waals surface area contributed by atoms with Crippen LogP contribution in [0.3, 0.4) is 0 Å². The highest BCUT2D eigenvalue weighted by Gasteiger charge is 2.26. The fraction of sp³-hybridized carbons (Fsp3) is 0.200. The van der Waals surface area contributed by atoms with Gasteiger partial charge in [0.1, 0.15) is 6.33 Å². The molecule has 0 N–H and O–H groups in total. The number of hydrogen-bond acceptors (Lipinski definition) is 5. The second-order valence-corrected chi connectivity index (χ2v) is 3.53. The van der Waals surface area contributed by atoms with Gasteiger partial charge in [-0.25, -0.2) is 9.97 Å². The van der Waals surface area contributed by atoms with Crippen molar-refractivity contribution < 1.29 is 9.32 Å². The molecular formula is C10H8N4O2. The van der Waals surface area contributed by atoms with E-state index in [-0.39, 0.29) is 11.7 Å². The van der Waals surface area contributed by atoms with Crippen LogP contribution in [0.2, 0.25) is 0 Å². The summed E-state index contributed by atoms with van der Waals surface area (Å²) < 4.78 is 4.83. The molecule has 0 aromatic carbocycles. The van der Waals surface area contributed by atoms with Crippen molar-refractivity contribution in [3.8, 4) is 0 Å². The van der Waals surface area contributed by atoms with E-state index in [0.29, 0.717) is 13.1 Å². The van der Waals surface area contributed by atoms with Gasteiger partial charge in [0.2, 0.25) is 5.76 Å². The van der Waals surface area contributed by atoms with Crippen LogP contribution in [0.15, 0.2) is 29.3 Å². The summed E-state index contributed by atoms with van der Waals surface area (Å²) in [6.45, 7) is 1.02. The van der Waals surface area contributed by atoms with Gasteiger partial charge in [-0.05, 0) is 0 Å². The van der Waals surface area contributed by atoms with Crippen molar-refractivity contribution in [1.82, 2.24) is 20.0 Å². The van der Waals surface area contributed by atoms with Crippen molar-refractivity contribution in [2.75, 3.05) is 0 Å². The van der Waals surface area contributed by atoms with E-state index in [4.69, 9.17) is 4.52 Å². The number of amides is 1. The van der Waals surface area contributed by atoms with Gasteiger partial charge >= 0.3 is 0 Å². The first-order valence-corrected chi connectivity index (χ1v) is 4.82. The van der Waals surface area contributed by atoms with E-state index in [2.05, 4.69) is 15.1 Å². The number of nitrogens with zero attached hydrogens (tertiary/aromatic N) is 4. The molecule has 3 heterocycles. The average Bonchev–Trinajstić information content (AvgIpc) is 2.97. The van der Waals surface area contributed by atoms with Gasteiger partial charge in [-0.2, -0.15) is 0 Å². The molecule has 0 aliphatic carbocycles. The summed E-state index contributed by atoms with van der Waals surface area (Å²) in [6.07, 6.45) is 4.67. The van der Waals surface area contributed by atoms with Crippen LogP contribution in [0.25, 0.3) is 0 Å². The number of carbonyl (C=O) groups excluding carboxylic acids is 1. The zero-order chi connectivity index (χ0) is 11.0. The third-order valence-corrected chi connectivity index (χ3v) is 2.52. The molecule has 1 aliphatic heterocycles. The first-order valence-electron chi connectivity index (χ1n) is 4.82. The van der Waals surface area contributed by atoms with E-state index in [1.165, 1.54) is 12.5 Å². The molecule has 0 spiro atoms. The number of rotatable bonds is 1. The monoisotopic (exact) mass is 216 g/mol. The van der Waals surface area contributed by atoms with Crippen molar-refractivity contribution in [3.05, 3.63) is 41.8 Å². The Morgan fingerprint density at radius 3 is 3.12 bits per heavy atom. The van der Waals surface area contributed by atoms with Crippen molar-refractivity contribution >= 4 is 5.91 Å². The molecule has 2 aromatic heterocycles. The molecule has 0 fully saturated rings. The average molecular weight is 216 g/mol. The molecule has 6 nitrogen and oxygen atoms in total. The summed E-state index contributed by atoms with van der Waals surface area (Å²) in [5.41, 5.74) is 1.87. The normalized spacial score (nSPS) is 13.9. The predicted octanol–water partition coefficient (Wildman–Crippen LogP) is 0.621. The standard InChI is InChI=1S/C10H8N4O2/c15-10(9-1-2-13-16-9)14-4-7-3-11-6-12-8(7)5-14/h1-3,6H,4-5H2. The summed E-state index contributed by atoms with van der Waals surface area (Å²) in [5.74, 6) is 0.0799. The highest BCUT2D eigenvalue weighted by Crippen LogP contribution is 2.21. The largest absolute Gasteiger partial charge is 0.351 e. The molecule has 2 aromatic rings. The van der Waals surface area contributed by atoms with Gasteiger partial charge in [0.05, 0.1) is 18.4 Å².